The summed E-state index contributed by atoms with van der Waals surface area (Å²) in [7, 11) is 1.48. The molecule has 20 heavy (non-hydrogen) atoms. The first kappa shape index (κ1) is 15.3. The van der Waals surface area contributed by atoms with Gasteiger partial charge in [-0.1, -0.05) is 19.4 Å². The van der Waals surface area contributed by atoms with Crippen molar-refractivity contribution in [2.75, 3.05) is 26.7 Å². The first-order valence-corrected chi connectivity index (χ1v) is 7.47. The van der Waals surface area contributed by atoms with Crippen molar-refractivity contribution in [1.29, 1.82) is 0 Å². The molecule has 1 fully saturated rings. The van der Waals surface area contributed by atoms with Crippen molar-refractivity contribution >= 4 is 0 Å². The quantitative estimate of drug-likeness (QED) is 0.870. The second-order valence-corrected chi connectivity index (χ2v) is 5.58. The van der Waals surface area contributed by atoms with Gasteiger partial charge in [-0.05, 0) is 43.0 Å². The fraction of sp³-hybridized carbons (Fsp3) is 0.625. The molecular formula is C16H25FN2O. The highest BCUT2D eigenvalue weighted by molar-refractivity contribution is 5.31. The van der Waals surface area contributed by atoms with Crippen LogP contribution in [0.2, 0.25) is 0 Å². The summed E-state index contributed by atoms with van der Waals surface area (Å²) in [6.07, 6.45) is 3.72. The predicted octanol–water partition coefficient (Wildman–Crippen LogP) is 2.96. The molecule has 1 aliphatic rings. The Bertz CT molecular complexity index is 438. The molecule has 0 amide bonds. The molecule has 1 aromatic rings. The fourth-order valence-electron chi connectivity index (χ4n) is 3.18. The van der Waals surface area contributed by atoms with E-state index in [0.29, 0.717) is 6.54 Å². The predicted molar refractivity (Wildman–Crippen MR) is 79.3 cm³/mol. The first-order valence-electron chi connectivity index (χ1n) is 7.47. The Labute approximate surface area is 120 Å². The van der Waals surface area contributed by atoms with E-state index in [9.17, 15) is 4.39 Å². The Morgan fingerprint density at radius 3 is 2.90 bits per heavy atom. The molecule has 0 bridgehead atoms. The highest BCUT2D eigenvalue weighted by Crippen LogP contribution is 2.30. The van der Waals surface area contributed by atoms with E-state index in [0.717, 1.165) is 24.6 Å². The molecule has 0 spiro atoms. The lowest BCUT2D eigenvalue weighted by Crippen LogP contribution is -2.32. The van der Waals surface area contributed by atoms with Crippen molar-refractivity contribution in [3.8, 4) is 5.75 Å². The molecule has 2 atom stereocenters. The minimum absolute atomic E-state index is 0.109. The lowest BCUT2D eigenvalue weighted by molar-refractivity contribution is 0.239. The Morgan fingerprint density at radius 2 is 2.30 bits per heavy atom. The number of nitrogens with zero attached hydrogens (tertiary/aromatic N) is 1. The van der Waals surface area contributed by atoms with E-state index in [-0.39, 0.29) is 17.6 Å². The molecule has 1 aliphatic heterocycles. The molecule has 1 aromatic carbocycles. The van der Waals surface area contributed by atoms with Crippen molar-refractivity contribution in [2.24, 2.45) is 11.7 Å². The van der Waals surface area contributed by atoms with Gasteiger partial charge < -0.3 is 10.5 Å². The van der Waals surface area contributed by atoms with E-state index in [1.807, 2.05) is 6.07 Å². The van der Waals surface area contributed by atoms with E-state index < -0.39 is 0 Å². The first-order chi connectivity index (χ1) is 9.69. The van der Waals surface area contributed by atoms with Gasteiger partial charge >= 0.3 is 0 Å². The molecule has 2 unspecified atom stereocenters. The zero-order valence-electron chi connectivity index (χ0n) is 12.4. The monoisotopic (exact) mass is 280 g/mol. The molecule has 0 aromatic heterocycles. The molecule has 2 rings (SSSR count). The topological polar surface area (TPSA) is 38.5 Å². The van der Waals surface area contributed by atoms with Crippen LogP contribution in [0.15, 0.2) is 18.2 Å². The molecule has 0 aliphatic carbocycles. The number of halogens is 1. The average molecular weight is 280 g/mol. The van der Waals surface area contributed by atoms with Crippen LogP contribution in [0.3, 0.4) is 0 Å². The summed E-state index contributed by atoms with van der Waals surface area (Å²) in [5.74, 6) is 0.736. The van der Waals surface area contributed by atoms with Gasteiger partial charge in [0.1, 0.15) is 0 Å². The number of hydrogen-bond donors (Lipinski definition) is 1. The summed E-state index contributed by atoms with van der Waals surface area (Å²) in [4.78, 5) is 2.39. The normalized spacial score (nSPS) is 21.1. The second-order valence-electron chi connectivity index (χ2n) is 5.58. The van der Waals surface area contributed by atoms with Gasteiger partial charge in [0.2, 0.25) is 0 Å². The molecule has 1 heterocycles. The van der Waals surface area contributed by atoms with Crippen LogP contribution in [-0.2, 0) is 0 Å². The highest BCUT2D eigenvalue weighted by atomic mass is 19.1. The maximum atomic E-state index is 13.8. The van der Waals surface area contributed by atoms with Crippen molar-refractivity contribution < 1.29 is 9.13 Å². The summed E-state index contributed by atoms with van der Waals surface area (Å²) in [6.45, 7) is 4.87. The third-order valence-electron chi connectivity index (χ3n) is 4.24. The number of likely N-dealkylation sites (tertiary alicyclic amines) is 1. The van der Waals surface area contributed by atoms with E-state index >= 15 is 0 Å². The number of ether oxygens (including phenoxy) is 1. The summed E-state index contributed by atoms with van der Waals surface area (Å²) < 4.78 is 18.8. The third-order valence-corrected chi connectivity index (χ3v) is 4.24. The Morgan fingerprint density at radius 1 is 1.50 bits per heavy atom. The van der Waals surface area contributed by atoms with E-state index in [1.54, 1.807) is 12.1 Å². The lowest BCUT2D eigenvalue weighted by Gasteiger charge is -2.27. The zero-order valence-corrected chi connectivity index (χ0v) is 12.4. The van der Waals surface area contributed by atoms with Gasteiger partial charge in [-0.15, -0.1) is 0 Å². The van der Waals surface area contributed by atoms with Crippen molar-refractivity contribution in [3.05, 3.63) is 29.6 Å². The van der Waals surface area contributed by atoms with Crippen LogP contribution in [0.25, 0.3) is 0 Å². The second kappa shape index (κ2) is 7.04. The Balaban J connectivity index is 2.10. The highest BCUT2D eigenvalue weighted by Gasteiger charge is 2.28. The standard InChI is InChI=1S/C16H25FN2O/c1-3-4-12-7-8-19(11-12)15(10-18)13-5-6-16(20-2)14(17)9-13/h5-6,9,12,15H,3-4,7-8,10-11,18H2,1-2H3. The van der Waals surface area contributed by atoms with Crippen molar-refractivity contribution in [3.63, 3.8) is 0 Å². The smallest absolute Gasteiger partial charge is 0.165 e. The van der Waals surface area contributed by atoms with Crippen LogP contribution < -0.4 is 10.5 Å². The molecule has 2 N–H and O–H groups in total. The number of benzene rings is 1. The maximum absolute atomic E-state index is 13.8. The average Bonchev–Trinajstić information content (AvgIpc) is 2.89. The van der Waals surface area contributed by atoms with Gasteiger partial charge in [0, 0.05) is 19.1 Å². The van der Waals surface area contributed by atoms with Crippen molar-refractivity contribution in [1.82, 2.24) is 4.90 Å². The molecule has 112 valence electrons. The molecule has 0 saturated carbocycles. The summed E-state index contributed by atoms with van der Waals surface area (Å²) in [6, 6.07) is 5.28. The summed E-state index contributed by atoms with van der Waals surface area (Å²) >= 11 is 0. The zero-order chi connectivity index (χ0) is 14.5. The van der Waals surface area contributed by atoms with Crippen LogP contribution in [0, 0.1) is 11.7 Å². The van der Waals surface area contributed by atoms with Gasteiger partial charge in [0.15, 0.2) is 11.6 Å². The molecular weight excluding hydrogens is 255 g/mol. The summed E-state index contributed by atoms with van der Waals surface area (Å²) in [5.41, 5.74) is 6.88. The minimum atomic E-state index is -0.312. The third kappa shape index (κ3) is 3.30. The number of nitrogens with two attached hydrogens (primary N) is 1. The largest absolute Gasteiger partial charge is 0.494 e. The van der Waals surface area contributed by atoms with E-state index in [2.05, 4.69) is 11.8 Å². The van der Waals surface area contributed by atoms with Crippen LogP contribution in [0.5, 0.6) is 5.75 Å². The van der Waals surface area contributed by atoms with Gasteiger partial charge in [0.05, 0.1) is 7.11 Å². The van der Waals surface area contributed by atoms with Crippen LogP contribution in [0.4, 0.5) is 4.39 Å². The van der Waals surface area contributed by atoms with Gasteiger partial charge in [-0.2, -0.15) is 0 Å². The SMILES string of the molecule is CCCC1CCN(C(CN)c2ccc(OC)c(F)c2)C1. The Hall–Kier alpha value is -1.13. The van der Waals surface area contributed by atoms with Gasteiger partial charge in [-0.3, -0.25) is 4.90 Å². The minimum Gasteiger partial charge on any atom is -0.494 e. The van der Waals surface area contributed by atoms with Gasteiger partial charge in [-0.25, -0.2) is 4.39 Å². The molecule has 4 heteroatoms. The molecule has 3 nitrogen and oxygen atoms in total. The Kier molecular flexibility index (Phi) is 5.38. The number of hydrogen-bond acceptors (Lipinski definition) is 3. The maximum Gasteiger partial charge on any atom is 0.165 e. The van der Waals surface area contributed by atoms with Crippen molar-refractivity contribution in [2.45, 2.75) is 32.2 Å². The van der Waals surface area contributed by atoms with E-state index in [4.69, 9.17) is 10.5 Å². The number of methoxy groups -OCH3 is 1. The van der Waals surface area contributed by atoms with Crippen LogP contribution in [-0.4, -0.2) is 31.6 Å². The van der Waals surface area contributed by atoms with Gasteiger partial charge in [0.25, 0.3) is 0 Å². The molecule has 1 saturated heterocycles. The van der Waals surface area contributed by atoms with Crippen LogP contribution >= 0.6 is 0 Å². The van der Waals surface area contributed by atoms with E-state index in [1.165, 1.54) is 26.4 Å². The lowest BCUT2D eigenvalue weighted by atomic mass is 10.0. The summed E-state index contributed by atoms with van der Waals surface area (Å²) in [5, 5.41) is 0. The van der Waals surface area contributed by atoms with Crippen LogP contribution in [0.1, 0.15) is 37.8 Å². The fourth-order valence-corrected chi connectivity index (χ4v) is 3.18. The molecule has 0 radical (unpaired) electrons. The number of rotatable bonds is 6.